The highest BCUT2D eigenvalue weighted by Gasteiger charge is 2.19. The van der Waals surface area contributed by atoms with Crippen molar-refractivity contribution in [1.29, 1.82) is 0 Å². The van der Waals surface area contributed by atoms with Gasteiger partial charge >= 0.3 is 0 Å². The summed E-state index contributed by atoms with van der Waals surface area (Å²) < 4.78 is 1.72. The second-order valence-electron chi connectivity index (χ2n) is 7.61. The minimum Gasteiger partial charge on any atom is -0.272 e. The zero-order valence-corrected chi connectivity index (χ0v) is 20.2. The number of non-ortho nitro benzene ring substituents is 2. The van der Waals surface area contributed by atoms with Gasteiger partial charge in [0.2, 0.25) is 0 Å². The van der Waals surface area contributed by atoms with E-state index in [2.05, 4.69) is 20.7 Å². The van der Waals surface area contributed by atoms with Crippen molar-refractivity contribution in [2.45, 2.75) is 12.1 Å². The van der Waals surface area contributed by atoms with Gasteiger partial charge in [0.15, 0.2) is 11.0 Å². The topological polar surface area (TPSA) is 158 Å². The van der Waals surface area contributed by atoms with E-state index in [1.54, 1.807) is 35.8 Å². The van der Waals surface area contributed by atoms with Crippen LogP contribution in [0, 0.1) is 20.2 Å². The van der Waals surface area contributed by atoms with Crippen LogP contribution in [0.5, 0.6) is 0 Å². The molecule has 0 aliphatic rings. The Morgan fingerprint density at radius 2 is 1.65 bits per heavy atom. The first-order valence-electron chi connectivity index (χ1n) is 10.8. The third-order valence-electron chi connectivity index (χ3n) is 5.14. The van der Waals surface area contributed by atoms with Gasteiger partial charge in [0.05, 0.1) is 21.3 Å². The molecular formula is C24H19N7O5S. The SMILES string of the molecule is C/C(=N\NC(=O)CSc1nnc(-c2cccc([N+](=O)[O-])c2)n1-c1ccccc1)c1ccc([N+](=O)[O-])cc1. The van der Waals surface area contributed by atoms with Crippen molar-refractivity contribution >= 4 is 34.8 Å². The van der Waals surface area contributed by atoms with E-state index in [1.165, 1.54) is 24.3 Å². The normalized spacial score (nSPS) is 11.2. The van der Waals surface area contributed by atoms with Crippen molar-refractivity contribution in [3.05, 3.63) is 105 Å². The van der Waals surface area contributed by atoms with E-state index in [-0.39, 0.29) is 17.1 Å². The lowest BCUT2D eigenvalue weighted by molar-refractivity contribution is -0.385. The predicted octanol–water partition coefficient (Wildman–Crippen LogP) is 4.38. The molecule has 4 rings (SSSR count). The molecule has 0 spiro atoms. The van der Waals surface area contributed by atoms with Crippen LogP contribution < -0.4 is 5.43 Å². The first-order valence-corrected chi connectivity index (χ1v) is 11.8. The first kappa shape index (κ1) is 25.2. The fourth-order valence-electron chi connectivity index (χ4n) is 3.32. The molecule has 0 bridgehead atoms. The molecule has 4 aromatic rings. The molecule has 0 aliphatic carbocycles. The molecule has 186 valence electrons. The highest BCUT2D eigenvalue weighted by Crippen LogP contribution is 2.29. The Kier molecular flexibility index (Phi) is 7.64. The van der Waals surface area contributed by atoms with E-state index in [9.17, 15) is 25.0 Å². The van der Waals surface area contributed by atoms with Gasteiger partial charge in [-0.15, -0.1) is 10.2 Å². The molecule has 0 saturated heterocycles. The first-order chi connectivity index (χ1) is 17.8. The number of nitro groups is 2. The Morgan fingerprint density at radius 3 is 2.32 bits per heavy atom. The number of hydrazone groups is 1. The molecule has 1 N–H and O–H groups in total. The summed E-state index contributed by atoms with van der Waals surface area (Å²) in [5.41, 5.74) is 4.70. The monoisotopic (exact) mass is 517 g/mol. The largest absolute Gasteiger partial charge is 0.272 e. The number of para-hydroxylation sites is 1. The van der Waals surface area contributed by atoms with Gasteiger partial charge in [0.1, 0.15) is 0 Å². The molecule has 0 saturated carbocycles. The molecule has 13 heteroatoms. The van der Waals surface area contributed by atoms with Crippen molar-refractivity contribution in [1.82, 2.24) is 20.2 Å². The minimum absolute atomic E-state index is 0.0308. The molecular weight excluding hydrogens is 498 g/mol. The molecule has 3 aromatic carbocycles. The Hall–Kier alpha value is -4.91. The number of thioether (sulfide) groups is 1. The van der Waals surface area contributed by atoms with Crippen molar-refractivity contribution in [3.63, 3.8) is 0 Å². The summed E-state index contributed by atoms with van der Waals surface area (Å²) in [7, 11) is 0. The van der Waals surface area contributed by atoms with Crippen LogP contribution in [-0.2, 0) is 4.79 Å². The van der Waals surface area contributed by atoms with Crippen molar-refractivity contribution < 1.29 is 14.6 Å². The van der Waals surface area contributed by atoms with Crippen LogP contribution in [0.1, 0.15) is 12.5 Å². The highest BCUT2D eigenvalue weighted by molar-refractivity contribution is 7.99. The maximum absolute atomic E-state index is 12.5. The summed E-state index contributed by atoms with van der Waals surface area (Å²) >= 11 is 1.13. The van der Waals surface area contributed by atoms with Crippen LogP contribution in [-0.4, -0.2) is 42.0 Å². The number of hydrogen-bond acceptors (Lipinski definition) is 9. The lowest BCUT2D eigenvalue weighted by atomic mass is 10.1. The van der Waals surface area contributed by atoms with Crippen LogP contribution in [0.3, 0.4) is 0 Å². The van der Waals surface area contributed by atoms with E-state index in [0.29, 0.717) is 27.8 Å². The predicted molar refractivity (Wildman–Crippen MR) is 138 cm³/mol. The second-order valence-corrected chi connectivity index (χ2v) is 8.55. The standard InChI is InChI=1S/C24H19N7O5S/c1-16(17-10-12-20(13-11-17)30(33)34)25-26-22(32)15-37-24-28-27-23(29(24)19-7-3-2-4-8-19)18-6-5-9-21(14-18)31(35)36/h2-14H,15H2,1H3,(H,26,32)/b25-16+. The molecule has 0 radical (unpaired) electrons. The molecule has 0 fully saturated rings. The molecule has 1 amide bonds. The van der Waals surface area contributed by atoms with E-state index in [0.717, 1.165) is 17.4 Å². The molecule has 1 aromatic heterocycles. The lowest BCUT2D eigenvalue weighted by Gasteiger charge is -2.10. The van der Waals surface area contributed by atoms with Crippen LogP contribution >= 0.6 is 11.8 Å². The highest BCUT2D eigenvalue weighted by atomic mass is 32.2. The Morgan fingerprint density at radius 1 is 0.946 bits per heavy atom. The Labute approximate surface area is 214 Å². The van der Waals surface area contributed by atoms with Gasteiger partial charge in [-0.05, 0) is 36.8 Å². The van der Waals surface area contributed by atoms with Gasteiger partial charge in [-0.3, -0.25) is 29.6 Å². The summed E-state index contributed by atoms with van der Waals surface area (Å²) in [6.07, 6.45) is 0. The average molecular weight is 518 g/mol. The number of amides is 1. The Bertz CT molecular complexity index is 1490. The third-order valence-corrected chi connectivity index (χ3v) is 6.07. The summed E-state index contributed by atoms with van der Waals surface area (Å²) in [4.78, 5) is 33.5. The quantitative estimate of drug-likeness (QED) is 0.148. The maximum Gasteiger partial charge on any atom is 0.270 e. The third kappa shape index (κ3) is 6.02. The number of carbonyl (C=O) groups is 1. The van der Waals surface area contributed by atoms with Crippen LogP contribution in [0.4, 0.5) is 11.4 Å². The Balaban J connectivity index is 1.51. The van der Waals surface area contributed by atoms with Gasteiger partial charge in [-0.2, -0.15) is 5.10 Å². The number of rotatable bonds is 9. The van der Waals surface area contributed by atoms with Gasteiger partial charge in [0, 0.05) is 35.5 Å². The number of nitro benzene ring substituents is 2. The van der Waals surface area contributed by atoms with Crippen LogP contribution in [0.15, 0.2) is 89.1 Å². The fraction of sp³-hybridized carbons (Fsp3) is 0.0833. The molecule has 0 atom stereocenters. The zero-order valence-electron chi connectivity index (χ0n) is 19.3. The smallest absolute Gasteiger partial charge is 0.270 e. The van der Waals surface area contributed by atoms with Crippen LogP contribution in [0.2, 0.25) is 0 Å². The van der Waals surface area contributed by atoms with Crippen molar-refractivity contribution in [2.75, 3.05) is 5.75 Å². The number of nitrogens with one attached hydrogen (secondary N) is 1. The van der Waals surface area contributed by atoms with Gasteiger partial charge in [-0.25, -0.2) is 5.43 Å². The maximum atomic E-state index is 12.5. The minimum atomic E-state index is -0.492. The van der Waals surface area contributed by atoms with Crippen molar-refractivity contribution in [2.24, 2.45) is 5.10 Å². The number of aromatic nitrogens is 3. The summed E-state index contributed by atoms with van der Waals surface area (Å²) in [5.74, 6) is -0.0349. The van der Waals surface area contributed by atoms with Crippen molar-refractivity contribution in [3.8, 4) is 17.1 Å². The van der Waals surface area contributed by atoms with Crippen LogP contribution in [0.25, 0.3) is 17.1 Å². The molecule has 37 heavy (non-hydrogen) atoms. The molecule has 0 unspecified atom stereocenters. The average Bonchev–Trinajstić information content (AvgIpc) is 3.35. The van der Waals surface area contributed by atoms with E-state index in [4.69, 9.17) is 0 Å². The van der Waals surface area contributed by atoms with Gasteiger partial charge < -0.3 is 0 Å². The zero-order chi connectivity index (χ0) is 26.4. The second kappa shape index (κ2) is 11.2. The van der Waals surface area contributed by atoms with Gasteiger partial charge in [-0.1, -0.05) is 42.1 Å². The number of nitrogens with zero attached hydrogens (tertiary/aromatic N) is 6. The van der Waals surface area contributed by atoms with Gasteiger partial charge in [0.25, 0.3) is 17.3 Å². The number of benzene rings is 3. The molecule has 1 heterocycles. The summed E-state index contributed by atoms with van der Waals surface area (Å²) in [6, 6.07) is 21.1. The molecule has 0 aliphatic heterocycles. The number of carbonyl (C=O) groups excluding carboxylic acids is 1. The van der Waals surface area contributed by atoms with E-state index < -0.39 is 15.8 Å². The van der Waals surface area contributed by atoms with E-state index >= 15 is 0 Å². The lowest BCUT2D eigenvalue weighted by Crippen LogP contribution is -2.21. The fourth-order valence-corrected chi connectivity index (χ4v) is 4.06. The number of hydrogen-bond donors (Lipinski definition) is 1. The molecule has 12 nitrogen and oxygen atoms in total. The van der Waals surface area contributed by atoms with E-state index in [1.807, 2.05) is 30.3 Å². The summed E-state index contributed by atoms with van der Waals surface area (Å²) in [6.45, 7) is 1.67. The summed E-state index contributed by atoms with van der Waals surface area (Å²) in [5, 5.41) is 35.0.